The van der Waals surface area contributed by atoms with Crippen molar-refractivity contribution in [2.45, 2.75) is 13.5 Å². The number of likely N-dealkylation sites (N-methyl/N-ethyl adjacent to an activating group) is 1. The van der Waals surface area contributed by atoms with Crippen LogP contribution in [0.4, 0.5) is 0 Å². The number of amides is 1. The van der Waals surface area contributed by atoms with E-state index in [9.17, 15) is 4.79 Å². The minimum Gasteiger partial charge on any atom is -0.489 e. The number of hydrogen-bond acceptors (Lipinski definition) is 4. The molecule has 0 unspecified atom stereocenters. The highest BCUT2D eigenvalue weighted by atomic mass is 16.5. The molecule has 1 fully saturated rings. The van der Waals surface area contributed by atoms with E-state index < -0.39 is 0 Å². The lowest BCUT2D eigenvalue weighted by Gasteiger charge is -2.33. The van der Waals surface area contributed by atoms with Crippen LogP contribution in [0.15, 0.2) is 59.0 Å². The first-order valence-corrected chi connectivity index (χ1v) is 9.46. The number of furan rings is 1. The van der Waals surface area contributed by atoms with Crippen molar-refractivity contribution in [3.63, 3.8) is 0 Å². The quantitative estimate of drug-likeness (QED) is 0.691. The standard InChI is InChI=1S/C22H24N2O3/c1-2-23-12-14-24(15-13-23)22(25)21-19(16-26-17-8-4-3-5-9-17)18-10-6-7-11-20(18)27-21/h3-11H,2,12-16H2,1H3. The van der Waals surface area contributed by atoms with Crippen LogP contribution in [-0.2, 0) is 6.61 Å². The van der Waals surface area contributed by atoms with Gasteiger partial charge in [0.25, 0.3) is 5.91 Å². The molecule has 3 aromatic rings. The Morgan fingerprint density at radius 3 is 2.44 bits per heavy atom. The molecule has 5 heteroatoms. The molecule has 0 spiro atoms. The summed E-state index contributed by atoms with van der Waals surface area (Å²) in [5.74, 6) is 1.13. The van der Waals surface area contributed by atoms with Gasteiger partial charge in [-0.15, -0.1) is 0 Å². The molecule has 0 bridgehead atoms. The number of para-hydroxylation sites is 2. The smallest absolute Gasteiger partial charge is 0.290 e. The van der Waals surface area contributed by atoms with Gasteiger partial charge in [0.1, 0.15) is 17.9 Å². The van der Waals surface area contributed by atoms with Gasteiger partial charge >= 0.3 is 0 Å². The van der Waals surface area contributed by atoms with Gasteiger partial charge in [0.05, 0.1) is 0 Å². The molecule has 0 N–H and O–H groups in total. The Kier molecular flexibility index (Phi) is 5.12. The third-order valence-electron chi connectivity index (χ3n) is 5.13. The highest BCUT2D eigenvalue weighted by Crippen LogP contribution is 2.28. The normalized spacial score (nSPS) is 15.2. The van der Waals surface area contributed by atoms with E-state index in [1.54, 1.807) is 0 Å². The lowest BCUT2D eigenvalue weighted by Crippen LogP contribution is -2.48. The lowest BCUT2D eigenvalue weighted by molar-refractivity contribution is 0.0611. The lowest BCUT2D eigenvalue weighted by atomic mass is 10.1. The Hall–Kier alpha value is -2.79. The summed E-state index contributed by atoms with van der Waals surface area (Å²) in [6.45, 7) is 6.72. The SMILES string of the molecule is CCN1CCN(C(=O)c2oc3ccccc3c2COc2ccccc2)CC1. The Bertz CT molecular complexity index is 912. The van der Waals surface area contributed by atoms with Crippen LogP contribution in [-0.4, -0.2) is 48.4 Å². The van der Waals surface area contributed by atoms with Gasteiger partial charge in [0.15, 0.2) is 5.76 Å². The largest absolute Gasteiger partial charge is 0.489 e. The van der Waals surface area contributed by atoms with E-state index >= 15 is 0 Å². The molecule has 1 aliphatic rings. The van der Waals surface area contributed by atoms with Gasteiger partial charge in [-0.05, 0) is 24.7 Å². The Labute approximate surface area is 159 Å². The number of carbonyl (C=O) groups excluding carboxylic acids is 1. The van der Waals surface area contributed by atoms with Crippen molar-refractivity contribution < 1.29 is 13.9 Å². The van der Waals surface area contributed by atoms with Crippen molar-refractivity contribution in [3.05, 3.63) is 65.9 Å². The zero-order valence-corrected chi connectivity index (χ0v) is 15.6. The molecular weight excluding hydrogens is 340 g/mol. The highest BCUT2D eigenvalue weighted by Gasteiger charge is 2.27. The third-order valence-corrected chi connectivity index (χ3v) is 5.13. The molecule has 1 aromatic heterocycles. The number of carbonyl (C=O) groups is 1. The second kappa shape index (κ2) is 7.84. The van der Waals surface area contributed by atoms with Crippen LogP contribution in [0.5, 0.6) is 5.75 Å². The molecule has 1 aliphatic heterocycles. The molecule has 1 amide bonds. The van der Waals surface area contributed by atoms with E-state index in [1.807, 2.05) is 59.5 Å². The van der Waals surface area contributed by atoms with Crippen LogP contribution in [0.25, 0.3) is 11.0 Å². The second-order valence-electron chi connectivity index (χ2n) is 6.73. The molecule has 0 saturated carbocycles. The first-order valence-electron chi connectivity index (χ1n) is 9.46. The first-order chi connectivity index (χ1) is 13.3. The predicted octanol–water partition coefficient (Wildman–Crippen LogP) is 3.79. The molecule has 5 nitrogen and oxygen atoms in total. The van der Waals surface area contributed by atoms with Gasteiger partial charge in [0.2, 0.25) is 0 Å². The fourth-order valence-electron chi connectivity index (χ4n) is 3.50. The van der Waals surface area contributed by atoms with Crippen LogP contribution >= 0.6 is 0 Å². The zero-order chi connectivity index (χ0) is 18.6. The number of hydrogen-bond donors (Lipinski definition) is 0. The summed E-state index contributed by atoms with van der Waals surface area (Å²) < 4.78 is 11.9. The van der Waals surface area contributed by atoms with E-state index in [0.717, 1.165) is 55.0 Å². The molecular formula is C22H24N2O3. The monoisotopic (exact) mass is 364 g/mol. The molecule has 27 heavy (non-hydrogen) atoms. The summed E-state index contributed by atoms with van der Waals surface area (Å²) in [7, 11) is 0. The van der Waals surface area contributed by atoms with Crippen molar-refractivity contribution >= 4 is 16.9 Å². The maximum Gasteiger partial charge on any atom is 0.290 e. The summed E-state index contributed by atoms with van der Waals surface area (Å²) in [6.07, 6.45) is 0. The maximum atomic E-state index is 13.2. The van der Waals surface area contributed by atoms with Crippen molar-refractivity contribution in [1.29, 1.82) is 0 Å². The van der Waals surface area contributed by atoms with Crippen molar-refractivity contribution in [1.82, 2.24) is 9.80 Å². The fourth-order valence-corrected chi connectivity index (χ4v) is 3.50. The Morgan fingerprint density at radius 1 is 1.00 bits per heavy atom. The van der Waals surface area contributed by atoms with E-state index in [-0.39, 0.29) is 5.91 Å². The van der Waals surface area contributed by atoms with Gasteiger partial charge < -0.3 is 19.0 Å². The number of piperazine rings is 1. The van der Waals surface area contributed by atoms with Crippen LogP contribution in [0.2, 0.25) is 0 Å². The van der Waals surface area contributed by atoms with Gasteiger partial charge in [0, 0.05) is 37.1 Å². The predicted molar refractivity (Wildman–Crippen MR) is 105 cm³/mol. The molecule has 2 heterocycles. The molecule has 0 atom stereocenters. The summed E-state index contributed by atoms with van der Waals surface area (Å²) >= 11 is 0. The topological polar surface area (TPSA) is 45.9 Å². The number of rotatable bonds is 5. The van der Waals surface area contributed by atoms with Gasteiger partial charge in [-0.2, -0.15) is 0 Å². The molecule has 140 valence electrons. The van der Waals surface area contributed by atoms with Crippen molar-refractivity contribution in [2.75, 3.05) is 32.7 Å². The van der Waals surface area contributed by atoms with Crippen molar-refractivity contribution in [3.8, 4) is 5.75 Å². The molecule has 4 rings (SSSR count). The number of nitrogens with zero attached hydrogens (tertiary/aromatic N) is 2. The zero-order valence-electron chi connectivity index (χ0n) is 15.6. The minimum absolute atomic E-state index is 0.0476. The van der Waals surface area contributed by atoms with Gasteiger partial charge in [-0.3, -0.25) is 4.79 Å². The Morgan fingerprint density at radius 2 is 1.70 bits per heavy atom. The number of fused-ring (bicyclic) bond motifs is 1. The van der Waals surface area contributed by atoms with E-state index in [2.05, 4.69) is 11.8 Å². The summed E-state index contributed by atoms with van der Waals surface area (Å²) in [5.41, 5.74) is 1.54. The average Bonchev–Trinajstić information content (AvgIpc) is 3.11. The van der Waals surface area contributed by atoms with Gasteiger partial charge in [-0.1, -0.05) is 43.3 Å². The van der Waals surface area contributed by atoms with Gasteiger partial charge in [-0.25, -0.2) is 0 Å². The maximum absolute atomic E-state index is 13.2. The number of ether oxygens (including phenoxy) is 1. The van der Waals surface area contributed by atoms with Crippen LogP contribution in [0.3, 0.4) is 0 Å². The second-order valence-corrected chi connectivity index (χ2v) is 6.73. The summed E-state index contributed by atoms with van der Waals surface area (Å²) in [5, 5.41) is 0.934. The molecule has 0 aliphatic carbocycles. The average molecular weight is 364 g/mol. The molecule has 2 aromatic carbocycles. The van der Waals surface area contributed by atoms with E-state index in [0.29, 0.717) is 12.4 Å². The fraction of sp³-hybridized carbons (Fsp3) is 0.318. The van der Waals surface area contributed by atoms with Crippen LogP contribution < -0.4 is 4.74 Å². The Balaban J connectivity index is 1.60. The molecule has 1 saturated heterocycles. The van der Waals surface area contributed by atoms with Crippen LogP contribution in [0.1, 0.15) is 23.0 Å². The van der Waals surface area contributed by atoms with Crippen LogP contribution in [0, 0.1) is 0 Å². The number of benzene rings is 2. The van der Waals surface area contributed by atoms with E-state index in [4.69, 9.17) is 9.15 Å². The van der Waals surface area contributed by atoms with E-state index in [1.165, 1.54) is 0 Å². The highest BCUT2D eigenvalue weighted by molar-refractivity contribution is 5.99. The summed E-state index contributed by atoms with van der Waals surface area (Å²) in [6, 6.07) is 17.4. The minimum atomic E-state index is -0.0476. The first kappa shape index (κ1) is 17.6. The van der Waals surface area contributed by atoms with Crippen molar-refractivity contribution in [2.24, 2.45) is 0 Å². The summed E-state index contributed by atoms with van der Waals surface area (Å²) in [4.78, 5) is 17.4. The third kappa shape index (κ3) is 3.69. The molecule has 0 radical (unpaired) electrons.